The molecule has 1 heterocycles. The van der Waals surface area contributed by atoms with Crippen LogP contribution in [-0.2, 0) is 11.2 Å². The molecular formula is C15H8BrCl2NO2. The van der Waals surface area contributed by atoms with E-state index in [0.717, 1.165) is 10.0 Å². The average Bonchev–Trinajstić information content (AvgIpc) is 2.79. The predicted octanol–water partition coefficient (Wildman–Crippen LogP) is 4.48. The number of anilines is 1. The van der Waals surface area contributed by atoms with Gasteiger partial charge in [-0.2, -0.15) is 0 Å². The van der Waals surface area contributed by atoms with E-state index in [-0.39, 0.29) is 18.1 Å². The molecular weight excluding hydrogens is 377 g/mol. The number of benzene rings is 2. The van der Waals surface area contributed by atoms with Crippen LogP contribution < -0.4 is 5.32 Å². The van der Waals surface area contributed by atoms with Crippen molar-refractivity contribution in [2.45, 2.75) is 6.42 Å². The molecule has 0 atom stereocenters. The molecule has 3 nitrogen and oxygen atoms in total. The maximum Gasteiger partial charge on any atom is 0.228 e. The largest absolute Gasteiger partial charge is 0.325 e. The Hall–Kier alpha value is -1.36. The lowest BCUT2D eigenvalue weighted by Crippen LogP contribution is -2.03. The van der Waals surface area contributed by atoms with Gasteiger partial charge >= 0.3 is 0 Å². The molecule has 0 aliphatic carbocycles. The molecule has 1 amide bonds. The highest BCUT2D eigenvalue weighted by atomic mass is 79.9. The Morgan fingerprint density at radius 3 is 2.62 bits per heavy atom. The van der Waals surface area contributed by atoms with Crippen LogP contribution in [0, 0.1) is 0 Å². The zero-order valence-corrected chi connectivity index (χ0v) is 13.6. The van der Waals surface area contributed by atoms with Crippen molar-refractivity contribution in [3.05, 3.63) is 61.5 Å². The van der Waals surface area contributed by atoms with Crippen LogP contribution in [0.1, 0.15) is 21.5 Å². The lowest BCUT2D eigenvalue weighted by molar-refractivity contribution is -0.115. The first kappa shape index (κ1) is 14.6. The number of hydrogen-bond acceptors (Lipinski definition) is 2. The van der Waals surface area contributed by atoms with E-state index in [1.807, 2.05) is 0 Å². The monoisotopic (exact) mass is 383 g/mol. The van der Waals surface area contributed by atoms with Crippen molar-refractivity contribution in [1.29, 1.82) is 0 Å². The number of nitrogens with one attached hydrogen (secondary N) is 1. The highest BCUT2D eigenvalue weighted by Gasteiger charge is 2.22. The minimum Gasteiger partial charge on any atom is -0.325 e. The number of amides is 1. The fourth-order valence-electron chi connectivity index (χ4n) is 2.21. The zero-order chi connectivity index (χ0) is 15.1. The molecule has 1 aliphatic heterocycles. The van der Waals surface area contributed by atoms with Crippen LogP contribution in [0.4, 0.5) is 5.69 Å². The molecule has 6 heteroatoms. The highest BCUT2D eigenvalue weighted by Crippen LogP contribution is 2.32. The molecule has 3 rings (SSSR count). The fourth-order valence-corrected chi connectivity index (χ4v) is 2.89. The van der Waals surface area contributed by atoms with Gasteiger partial charge in [-0.25, -0.2) is 0 Å². The van der Waals surface area contributed by atoms with Gasteiger partial charge in [0.25, 0.3) is 0 Å². The Balaban J connectivity index is 2.04. The smallest absolute Gasteiger partial charge is 0.228 e. The Labute approximate surface area is 139 Å². The normalized spacial score (nSPS) is 13.0. The lowest BCUT2D eigenvalue weighted by Gasteiger charge is -2.08. The number of carbonyl (C=O) groups excluding carboxylic acids is 2. The number of ketones is 1. The number of rotatable bonds is 2. The molecule has 1 aliphatic rings. The summed E-state index contributed by atoms with van der Waals surface area (Å²) >= 11 is 15.4. The summed E-state index contributed by atoms with van der Waals surface area (Å²) in [5.41, 5.74) is 2.25. The van der Waals surface area contributed by atoms with Crippen molar-refractivity contribution in [3.8, 4) is 0 Å². The third kappa shape index (κ3) is 2.71. The second-order valence-corrected chi connectivity index (χ2v) is 6.34. The van der Waals surface area contributed by atoms with E-state index in [9.17, 15) is 9.59 Å². The summed E-state index contributed by atoms with van der Waals surface area (Å²) in [4.78, 5) is 23.9. The van der Waals surface area contributed by atoms with Gasteiger partial charge in [-0.15, -0.1) is 0 Å². The van der Waals surface area contributed by atoms with Crippen molar-refractivity contribution in [3.63, 3.8) is 0 Å². The van der Waals surface area contributed by atoms with Crippen LogP contribution >= 0.6 is 39.1 Å². The van der Waals surface area contributed by atoms with Gasteiger partial charge in [0, 0.05) is 21.3 Å². The van der Waals surface area contributed by atoms with E-state index in [4.69, 9.17) is 23.2 Å². The molecule has 0 saturated heterocycles. The molecule has 0 spiro atoms. The molecule has 0 saturated carbocycles. The third-order valence-corrected chi connectivity index (χ3v) is 4.79. The number of carbonyl (C=O) groups is 2. The van der Waals surface area contributed by atoms with Gasteiger partial charge in [-0.05, 0) is 51.8 Å². The Morgan fingerprint density at radius 2 is 1.90 bits per heavy atom. The van der Waals surface area contributed by atoms with Crippen LogP contribution in [-0.4, -0.2) is 11.7 Å². The van der Waals surface area contributed by atoms with Crippen molar-refractivity contribution in [1.82, 2.24) is 0 Å². The van der Waals surface area contributed by atoms with E-state index in [1.54, 1.807) is 30.3 Å². The Kier molecular flexibility index (Phi) is 3.78. The Bertz CT molecular complexity index is 789. The van der Waals surface area contributed by atoms with Crippen LogP contribution in [0.2, 0.25) is 10.0 Å². The first-order chi connectivity index (χ1) is 9.95. The minimum absolute atomic E-state index is 0.0997. The standard InChI is InChI=1S/C15H8BrCl2NO2/c16-10-2-1-7(4-12(10)18)15(21)9-3-8-5-14(20)19-13(8)6-11(9)17/h1-4,6H,5H2,(H,19,20). The molecule has 2 aromatic carbocycles. The molecule has 0 radical (unpaired) electrons. The zero-order valence-electron chi connectivity index (χ0n) is 10.5. The summed E-state index contributed by atoms with van der Waals surface area (Å²) < 4.78 is 0.718. The maximum absolute atomic E-state index is 12.5. The van der Waals surface area contributed by atoms with Crippen LogP contribution in [0.15, 0.2) is 34.8 Å². The molecule has 106 valence electrons. The summed E-state index contributed by atoms with van der Waals surface area (Å²) in [6, 6.07) is 8.23. The van der Waals surface area contributed by atoms with Crippen molar-refractivity contribution >= 4 is 56.5 Å². The molecule has 0 unspecified atom stereocenters. The fraction of sp³-hybridized carbons (Fsp3) is 0.0667. The van der Waals surface area contributed by atoms with E-state index >= 15 is 0 Å². The second kappa shape index (κ2) is 5.44. The lowest BCUT2D eigenvalue weighted by atomic mass is 10.00. The van der Waals surface area contributed by atoms with Crippen molar-refractivity contribution < 1.29 is 9.59 Å². The minimum atomic E-state index is -0.225. The third-order valence-electron chi connectivity index (χ3n) is 3.24. The number of hydrogen-bond donors (Lipinski definition) is 1. The van der Waals surface area contributed by atoms with E-state index in [1.165, 1.54) is 0 Å². The van der Waals surface area contributed by atoms with Gasteiger partial charge in [-0.1, -0.05) is 23.2 Å². The SMILES string of the molecule is O=C1Cc2cc(C(=O)c3ccc(Br)c(Cl)c3)c(Cl)cc2N1. The summed E-state index contributed by atoms with van der Waals surface area (Å²) in [5.74, 6) is -0.325. The number of fused-ring (bicyclic) bond motifs is 1. The van der Waals surface area contributed by atoms with E-state index in [0.29, 0.717) is 26.9 Å². The van der Waals surface area contributed by atoms with Gasteiger partial charge in [0.15, 0.2) is 5.78 Å². The molecule has 0 aromatic heterocycles. The topological polar surface area (TPSA) is 46.2 Å². The van der Waals surface area contributed by atoms with Gasteiger partial charge in [0.05, 0.1) is 16.5 Å². The Morgan fingerprint density at radius 1 is 1.14 bits per heavy atom. The summed E-state index contributed by atoms with van der Waals surface area (Å²) in [7, 11) is 0. The van der Waals surface area contributed by atoms with E-state index in [2.05, 4.69) is 21.2 Å². The van der Waals surface area contributed by atoms with Crippen molar-refractivity contribution in [2.75, 3.05) is 5.32 Å². The number of halogens is 3. The van der Waals surface area contributed by atoms with Gasteiger partial charge < -0.3 is 5.32 Å². The van der Waals surface area contributed by atoms with Crippen LogP contribution in [0.3, 0.4) is 0 Å². The maximum atomic E-state index is 12.5. The van der Waals surface area contributed by atoms with Crippen LogP contribution in [0.5, 0.6) is 0 Å². The summed E-state index contributed by atoms with van der Waals surface area (Å²) in [6.45, 7) is 0. The van der Waals surface area contributed by atoms with Crippen LogP contribution in [0.25, 0.3) is 0 Å². The quantitative estimate of drug-likeness (QED) is 0.775. The van der Waals surface area contributed by atoms with Gasteiger partial charge in [0.1, 0.15) is 0 Å². The second-order valence-electron chi connectivity index (χ2n) is 4.67. The first-order valence-corrected chi connectivity index (χ1v) is 7.62. The highest BCUT2D eigenvalue weighted by molar-refractivity contribution is 9.10. The predicted molar refractivity (Wildman–Crippen MR) is 86.4 cm³/mol. The average molecular weight is 385 g/mol. The molecule has 21 heavy (non-hydrogen) atoms. The molecule has 1 N–H and O–H groups in total. The molecule has 2 aromatic rings. The van der Waals surface area contributed by atoms with Gasteiger partial charge in [0.2, 0.25) is 5.91 Å². The van der Waals surface area contributed by atoms with E-state index < -0.39 is 0 Å². The van der Waals surface area contributed by atoms with Gasteiger partial charge in [-0.3, -0.25) is 9.59 Å². The summed E-state index contributed by atoms with van der Waals surface area (Å²) in [6.07, 6.45) is 0.258. The summed E-state index contributed by atoms with van der Waals surface area (Å²) in [5, 5.41) is 3.46. The molecule has 0 fully saturated rings. The molecule has 0 bridgehead atoms. The van der Waals surface area contributed by atoms with Crippen molar-refractivity contribution in [2.24, 2.45) is 0 Å². The first-order valence-electron chi connectivity index (χ1n) is 6.08.